The molecule has 494 valence electrons. The lowest BCUT2D eigenvalue weighted by Gasteiger charge is -2.37. The Morgan fingerprint density at radius 1 is 0.667 bits per heavy atom. The van der Waals surface area contributed by atoms with E-state index in [-0.39, 0.29) is 27.3 Å². The number of benzene rings is 3. The summed E-state index contributed by atoms with van der Waals surface area (Å²) in [5.74, 6) is -0.595. The first-order valence-electron chi connectivity index (χ1n) is 27.0. The Labute approximate surface area is 522 Å². The van der Waals surface area contributed by atoms with Crippen molar-refractivity contribution in [1.82, 2.24) is 24.2 Å². The molecule has 10 rings (SSSR count). The molecule has 0 bridgehead atoms. The summed E-state index contributed by atoms with van der Waals surface area (Å²) in [5.41, 5.74) is -1.27. The van der Waals surface area contributed by atoms with Gasteiger partial charge in [-0.05, 0) is 71.7 Å². The van der Waals surface area contributed by atoms with E-state index in [1.54, 1.807) is 33.7 Å². The van der Waals surface area contributed by atoms with Gasteiger partial charge in [0, 0.05) is 35.8 Å². The lowest BCUT2D eigenvalue weighted by molar-refractivity contribution is -0.250. The van der Waals surface area contributed by atoms with E-state index in [1.807, 2.05) is 37.3 Å². The fourth-order valence-corrected chi connectivity index (χ4v) is 17.6. The molecule has 1 aliphatic carbocycles. The third kappa shape index (κ3) is 19.4. The number of phosphoric ester groups is 2. The minimum atomic E-state index is -6.09. The molecule has 10 unspecified atom stereocenters. The van der Waals surface area contributed by atoms with Gasteiger partial charge in [-0.3, -0.25) is 60.0 Å². The highest BCUT2D eigenvalue weighted by molar-refractivity contribution is 14.1. The van der Waals surface area contributed by atoms with Gasteiger partial charge in [-0.15, -0.1) is 0 Å². The molecular formula is C48H54FIN6O28P6-6. The zero-order chi connectivity index (χ0) is 64.8. The van der Waals surface area contributed by atoms with E-state index >= 15 is 0 Å². The Balaban J connectivity index is 0.000000219. The quantitative estimate of drug-likeness (QED) is 0.0528. The average Bonchev–Trinajstić information content (AvgIpc) is 1.93. The maximum Gasteiger partial charge on any atom is 0.353 e. The zero-order valence-electron chi connectivity index (χ0n) is 46.4. The van der Waals surface area contributed by atoms with Gasteiger partial charge in [-0.1, -0.05) is 93.3 Å². The van der Waals surface area contributed by atoms with Crippen molar-refractivity contribution >= 4 is 75.1 Å². The van der Waals surface area contributed by atoms with Crippen molar-refractivity contribution in [3.63, 3.8) is 0 Å². The number of H-pyrrole nitrogens is 1. The second kappa shape index (κ2) is 29.8. The molecule has 42 heteroatoms. The van der Waals surface area contributed by atoms with Crippen molar-refractivity contribution < 1.29 is 121 Å². The van der Waals surface area contributed by atoms with Crippen molar-refractivity contribution in [3.05, 3.63) is 155 Å². The maximum atomic E-state index is 14.0. The van der Waals surface area contributed by atoms with Crippen LogP contribution < -0.4 is 61.2 Å². The Morgan fingerprint density at radius 2 is 1.23 bits per heavy atom. The van der Waals surface area contributed by atoms with Gasteiger partial charge in [0.25, 0.3) is 36.9 Å². The fraction of sp³-hybridized carbons (Fsp3) is 0.458. The van der Waals surface area contributed by atoms with Gasteiger partial charge in [0.15, 0.2) is 25.0 Å². The Kier molecular flexibility index (Phi) is 23.3. The predicted molar refractivity (Wildman–Crippen MR) is 300 cm³/mol. The summed E-state index contributed by atoms with van der Waals surface area (Å²) < 4.78 is 156. The van der Waals surface area contributed by atoms with Crippen molar-refractivity contribution in [1.29, 1.82) is 0 Å². The van der Waals surface area contributed by atoms with Gasteiger partial charge < -0.3 is 76.7 Å². The Bertz CT molecular complexity index is 3800. The van der Waals surface area contributed by atoms with Gasteiger partial charge in [0.1, 0.15) is 49.0 Å². The summed E-state index contributed by atoms with van der Waals surface area (Å²) >= 11 is 1.71. The highest BCUT2D eigenvalue weighted by Gasteiger charge is 2.56. The number of nitrogens with one attached hydrogen (secondary N) is 3. The first-order valence-corrected chi connectivity index (χ1v) is 37.0. The third-order valence-electron chi connectivity index (χ3n) is 13.5. The molecule has 6 heterocycles. The normalized spacial score (nSPS) is 28.1. The van der Waals surface area contributed by atoms with Crippen LogP contribution in [0.15, 0.2) is 118 Å². The zero-order valence-corrected chi connectivity index (χ0v) is 54.0. The number of nitrogens with zero attached hydrogens (tertiary/aromatic N) is 3. The number of aromatic nitrogens is 4. The van der Waals surface area contributed by atoms with Crippen LogP contribution in [0.25, 0.3) is 0 Å². The largest absolute Gasteiger partial charge is 0.766 e. The van der Waals surface area contributed by atoms with E-state index in [2.05, 4.69) is 36.8 Å². The number of aromatic amines is 1. The number of hydrogen-bond donors (Lipinski definition) is 3. The number of hydrogen-bond acceptors (Lipinski definition) is 29. The summed E-state index contributed by atoms with van der Waals surface area (Å²) in [5, 5.41) is 3.88. The molecule has 5 aromatic rings. The molecule has 5 aliphatic rings. The van der Waals surface area contributed by atoms with Gasteiger partial charge in [0.05, 0.1) is 16.8 Å². The molecule has 1 saturated carbocycles. The molecule has 3 aromatic carbocycles. The molecule has 4 aliphatic heterocycles. The highest BCUT2D eigenvalue weighted by Crippen LogP contribution is 2.64. The summed E-state index contributed by atoms with van der Waals surface area (Å²) in [4.78, 5) is 117. The van der Waals surface area contributed by atoms with E-state index < -0.39 is 150 Å². The monoisotopic (exact) mass is 1490 g/mol. The highest BCUT2D eigenvalue weighted by atomic mass is 127. The lowest BCUT2D eigenvalue weighted by atomic mass is 9.96. The van der Waals surface area contributed by atoms with Crippen molar-refractivity contribution in [2.75, 3.05) is 18.3 Å². The minimum Gasteiger partial charge on any atom is -0.766 e. The van der Waals surface area contributed by atoms with Crippen LogP contribution in [0.2, 0.25) is 0 Å². The Hall–Kier alpha value is -3.90. The first-order chi connectivity index (χ1) is 42.4. The summed E-state index contributed by atoms with van der Waals surface area (Å²) in [7, 11) is -34.3. The topological polar surface area (TPSA) is 475 Å². The van der Waals surface area contributed by atoms with Crippen molar-refractivity contribution in [2.24, 2.45) is 0 Å². The molecule has 0 radical (unpaired) electrons. The average molecular weight is 1490 g/mol. The van der Waals surface area contributed by atoms with Crippen LogP contribution in [0.5, 0.6) is 5.88 Å². The number of anilines is 1. The minimum absolute atomic E-state index is 0.000981. The van der Waals surface area contributed by atoms with E-state index in [9.17, 15) is 75.5 Å². The van der Waals surface area contributed by atoms with Gasteiger partial charge in [-0.2, -0.15) is 4.98 Å². The van der Waals surface area contributed by atoms with Crippen molar-refractivity contribution in [2.45, 2.75) is 126 Å². The summed E-state index contributed by atoms with van der Waals surface area (Å²) in [6.07, 6.45) is -4.06. The maximum absolute atomic E-state index is 14.0. The van der Waals surface area contributed by atoms with Crippen molar-refractivity contribution in [3.8, 4) is 5.88 Å². The number of para-hydroxylation sites is 1. The first kappa shape index (κ1) is 70.4. The molecule has 0 amide bonds. The molecule has 0 spiro atoms. The predicted octanol–water partition coefficient (Wildman–Crippen LogP) is 3.23. The molecule has 5 fully saturated rings. The second-order valence-corrected chi connectivity index (χ2v) is 30.5. The van der Waals surface area contributed by atoms with Gasteiger partial charge >= 0.3 is 11.4 Å². The molecule has 90 heavy (non-hydrogen) atoms. The summed E-state index contributed by atoms with van der Waals surface area (Å²) in [6.45, 7) is 0.201. The second-order valence-electron chi connectivity index (χ2n) is 20.2. The summed E-state index contributed by atoms with van der Waals surface area (Å²) in [6, 6.07) is 22.2. The van der Waals surface area contributed by atoms with Crippen LogP contribution in [-0.2, 0) is 88.7 Å². The van der Waals surface area contributed by atoms with Crippen LogP contribution in [0.4, 0.5) is 10.1 Å². The van der Waals surface area contributed by atoms with E-state index in [0.29, 0.717) is 25.7 Å². The SMILES string of the molecule is CCCC1OC2[C@@H](O1)[C@@H](COP(=O)([O-])OP(=O)([O-])OP(=O)([O-])NC1CCCCC1)O[C@H]2n1cc(I)c(=O)[nH]c1=O.O=c1nc(OCc2ccccc2)ccn1[C@@H]1O[C@H](COP(=O)([O-])OP(=O)([O-])OP(=O)([O-])Nc2ccccc2)[C@@H]2OC(c3cccc(F)c3)OC21. The molecule has 16 atom stereocenters. The smallest absolute Gasteiger partial charge is 0.353 e. The van der Waals surface area contributed by atoms with Crippen LogP contribution in [-0.4, -0.2) is 81.3 Å². The van der Waals surface area contributed by atoms with E-state index in [0.717, 1.165) is 40.0 Å². The van der Waals surface area contributed by atoms with Crippen LogP contribution in [0, 0.1) is 9.39 Å². The van der Waals surface area contributed by atoms with Gasteiger partial charge in [-0.25, -0.2) is 22.6 Å². The van der Waals surface area contributed by atoms with Crippen LogP contribution in [0.1, 0.15) is 81.7 Å². The fourth-order valence-electron chi connectivity index (χ4n) is 9.77. The molecular weight excluding hydrogens is 1440 g/mol. The number of rotatable bonds is 26. The lowest BCUT2D eigenvalue weighted by Crippen LogP contribution is -2.37. The van der Waals surface area contributed by atoms with Crippen LogP contribution >= 0.6 is 69.4 Å². The molecule has 3 N–H and O–H groups in total. The Morgan fingerprint density at radius 3 is 1.84 bits per heavy atom. The standard InChI is InChI=1S/C29H29FN3O14P3.C19H31IN3O14P3/c30-21-11-7-10-20(16-21)28-44-25-23(18-42-49(37,38)47-50(39,40)46-48(35,36)32-22-12-5-2-6-13-22)43-27(26(25)45-28)33-15-14-24(31-29(33)34)41-17-19-8-3-1-4-9-19;1-2-6-14-34-15-13(33-18(16(15)35-14)23-9-12(20)17(24)21-19(23)25)10-32-39(28,29)37-40(30,31)36-38(26,27)22-11-7-4-3-5-8-11/h1-16,23,25-28H,17-18H2,(H,37,38)(H,39,40)(H2,32,35,36);9,11,13-16,18H,2-8,10H2,1H3,(H,28,29)(H,30,31)(H,21,24,25)(H2,22,26,27)/p-6/t23-,25+,26?,27-,28?;13-,14?,15+,16?,18-/m11/s1. The van der Waals surface area contributed by atoms with Crippen LogP contribution in [0.3, 0.4) is 0 Å². The van der Waals surface area contributed by atoms with E-state index in [4.69, 9.17) is 37.7 Å². The molecule has 4 saturated heterocycles. The number of ether oxygens (including phenoxy) is 7. The number of fused-ring (bicyclic) bond motifs is 2. The number of halogens is 2. The van der Waals surface area contributed by atoms with Gasteiger partial charge in [0.2, 0.25) is 21.4 Å². The van der Waals surface area contributed by atoms with E-state index in [1.165, 1.54) is 60.9 Å². The third-order valence-corrected chi connectivity index (χ3v) is 22.9. The molecule has 34 nitrogen and oxygen atoms in total. The number of phosphoric acid groups is 4. The molecule has 2 aromatic heterocycles.